The molecule has 0 radical (unpaired) electrons. The molecule has 4 heteroatoms. The van der Waals surface area contributed by atoms with Gasteiger partial charge in [-0.1, -0.05) is 30.3 Å². The second-order valence-electron chi connectivity index (χ2n) is 4.19. The highest BCUT2D eigenvalue weighted by molar-refractivity contribution is 7.91. The van der Waals surface area contributed by atoms with Crippen LogP contribution >= 0.6 is 0 Å². The molecule has 17 heavy (non-hydrogen) atoms. The van der Waals surface area contributed by atoms with Gasteiger partial charge in [0.05, 0.1) is 11.5 Å². The number of rotatable bonds is 7. The molecule has 0 heterocycles. The van der Waals surface area contributed by atoms with Crippen LogP contribution in [-0.2, 0) is 21.1 Å². The Labute approximate surface area is 103 Å². The number of carbonyl (C=O) groups excluding carboxylic acids is 1. The maximum absolute atomic E-state index is 11.6. The van der Waals surface area contributed by atoms with E-state index in [-0.39, 0.29) is 23.7 Å². The number of ketones is 1. The lowest BCUT2D eigenvalue weighted by molar-refractivity contribution is -0.116. The lowest BCUT2D eigenvalue weighted by atomic mass is 10.1. The zero-order valence-corrected chi connectivity index (χ0v) is 10.9. The highest BCUT2D eigenvalue weighted by Crippen LogP contribution is 2.05. The predicted octanol–water partition coefficient (Wildman–Crippen LogP) is 2.01. The fraction of sp³-hybridized carbons (Fsp3) is 0.462. The minimum Gasteiger partial charge on any atom is -0.300 e. The first-order valence-electron chi connectivity index (χ1n) is 5.73. The van der Waals surface area contributed by atoms with Crippen molar-refractivity contribution in [1.29, 1.82) is 0 Å². The number of hydrogen-bond donors (Lipinski definition) is 0. The smallest absolute Gasteiger partial charge is 0.150 e. The van der Waals surface area contributed by atoms with Gasteiger partial charge < -0.3 is 0 Å². The Kier molecular flexibility index (Phi) is 5.35. The first kappa shape index (κ1) is 13.9. The Morgan fingerprint density at radius 2 is 1.76 bits per heavy atom. The predicted molar refractivity (Wildman–Crippen MR) is 68.7 cm³/mol. The number of Topliss-reactive ketones (excluding diaryl/α,β-unsaturated/α-hetero) is 1. The van der Waals surface area contributed by atoms with E-state index >= 15 is 0 Å². The van der Waals surface area contributed by atoms with Gasteiger partial charge >= 0.3 is 0 Å². The Hall–Kier alpha value is -1.16. The molecule has 0 spiro atoms. The van der Waals surface area contributed by atoms with E-state index in [1.165, 1.54) is 6.92 Å². The molecule has 0 bridgehead atoms. The molecule has 94 valence electrons. The molecule has 0 N–H and O–H groups in total. The first-order chi connectivity index (χ1) is 7.99. The van der Waals surface area contributed by atoms with Crippen molar-refractivity contribution in [1.82, 2.24) is 0 Å². The van der Waals surface area contributed by atoms with Gasteiger partial charge in [-0.3, -0.25) is 4.79 Å². The van der Waals surface area contributed by atoms with E-state index < -0.39 is 9.84 Å². The van der Waals surface area contributed by atoms with E-state index in [2.05, 4.69) is 0 Å². The van der Waals surface area contributed by atoms with Gasteiger partial charge in [0, 0.05) is 6.42 Å². The van der Waals surface area contributed by atoms with Crippen molar-refractivity contribution in [3.63, 3.8) is 0 Å². The highest BCUT2D eigenvalue weighted by atomic mass is 32.2. The molecular formula is C13H18O3S. The van der Waals surface area contributed by atoms with E-state index in [9.17, 15) is 13.2 Å². The van der Waals surface area contributed by atoms with Crippen molar-refractivity contribution in [3.8, 4) is 0 Å². The first-order valence-corrected chi connectivity index (χ1v) is 7.55. The van der Waals surface area contributed by atoms with E-state index in [1.54, 1.807) is 0 Å². The van der Waals surface area contributed by atoms with Crippen molar-refractivity contribution in [2.24, 2.45) is 0 Å². The van der Waals surface area contributed by atoms with Gasteiger partial charge in [-0.05, 0) is 25.3 Å². The molecule has 0 fully saturated rings. The Balaban J connectivity index is 2.33. The summed E-state index contributed by atoms with van der Waals surface area (Å²) in [5, 5.41) is 0. The summed E-state index contributed by atoms with van der Waals surface area (Å²) in [7, 11) is -3.07. The standard InChI is InChI=1S/C13H18O3S/c1-12(14)9-11-17(15,16)10-5-8-13-6-3-2-4-7-13/h2-4,6-7H,5,8-11H2,1H3. The van der Waals surface area contributed by atoms with E-state index in [0.717, 1.165) is 12.0 Å². The van der Waals surface area contributed by atoms with Crippen molar-refractivity contribution in [2.75, 3.05) is 11.5 Å². The molecule has 0 saturated carbocycles. The molecule has 0 saturated heterocycles. The van der Waals surface area contributed by atoms with Crippen molar-refractivity contribution in [3.05, 3.63) is 35.9 Å². The molecule has 3 nitrogen and oxygen atoms in total. The van der Waals surface area contributed by atoms with Crippen LogP contribution in [0.2, 0.25) is 0 Å². The van der Waals surface area contributed by atoms with Gasteiger partial charge in [0.25, 0.3) is 0 Å². The number of hydrogen-bond acceptors (Lipinski definition) is 3. The number of carbonyl (C=O) groups is 1. The molecule has 0 aliphatic carbocycles. The van der Waals surface area contributed by atoms with Crippen molar-refractivity contribution < 1.29 is 13.2 Å². The summed E-state index contributed by atoms with van der Waals surface area (Å²) < 4.78 is 23.1. The number of benzene rings is 1. The van der Waals surface area contributed by atoms with Crippen LogP contribution in [0, 0.1) is 0 Å². The number of aryl methyl sites for hydroxylation is 1. The molecule has 0 amide bonds. The van der Waals surface area contributed by atoms with Gasteiger partial charge in [-0.25, -0.2) is 8.42 Å². The summed E-state index contributed by atoms with van der Waals surface area (Å²) >= 11 is 0. The molecule has 1 rings (SSSR count). The van der Waals surface area contributed by atoms with E-state index in [4.69, 9.17) is 0 Å². The van der Waals surface area contributed by atoms with Gasteiger partial charge in [-0.2, -0.15) is 0 Å². The fourth-order valence-electron chi connectivity index (χ4n) is 1.54. The third kappa shape index (κ3) is 6.22. The molecule has 0 atom stereocenters. The van der Waals surface area contributed by atoms with Gasteiger partial charge in [0.2, 0.25) is 0 Å². The average Bonchev–Trinajstić information content (AvgIpc) is 2.28. The maximum Gasteiger partial charge on any atom is 0.150 e. The topological polar surface area (TPSA) is 51.2 Å². The van der Waals surface area contributed by atoms with Crippen LogP contribution in [0.3, 0.4) is 0 Å². The lowest BCUT2D eigenvalue weighted by Crippen LogP contribution is -2.14. The summed E-state index contributed by atoms with van der Waals surface area (Å²) in [6, 6.07) is 9.80. The summed E-state index contributed by atoms with van der Waals surface area (Å²) in [4.78, 5) is 10.7. The quantitative estimate of drug-likeness (QED) is 0.748. The fourth-order valence-corrected chi connectivity index (χ4v) is 2.93. The summed E-state index contributed by atoms with van der Waals surface area (Å²) in [5.41, 5.74) is 1.15. The van der Waals surface area contributed by atoms with Crippen LogP contribution in [0.1, 0.15) is 25.3 Å². The van der Waals surface area contributed by atoms with E-state index in [1.807, 2.05) is 30.3 Å². The average molecular weight is 254 g/mol. The number of sulfone groups is 1. The zero-order chi connectivity index (χ0) is 12.7. The Bertz CT molecular complexity index is 449. The van der Waals surface area contributed by atoms with Crippen LogP contribution in [0.5, 0.6) is 0 Å². The lowest BCUT2D eigenvalue weighted by Gasteiger charge is -2.03. The third-order valence-corrected chi connectivity index (χ3v) is 4.27. The van der Waals surface area contributed by atoms with E-state index in [0.29, 0.717) is 6.42 Å². The van der Waals surface area contributed by atoms with Gasteiger partial charge in [0.15, 0.2) is 9.84 Å². The molecule has 1 aromatic carbocycles. The van der Waals surface area contributed by atoms with Crippen LogP contribution in [0.4, 0.5) is 0 Å². The van der Waals surface area contributed by atoms with Crippen LogP contribution in [0.15, 0.2) is 30.3 Å². The summed E-state index contributed by atoms with van der Waals surface area (Å²) in [6.07, 6.45) is 1.51. The molecule has 0 aliphatic rings. The minimum atomic E-state index is -3.07. The third-order valence-electron chi connectivity index (χ3n) is 2.53. The highest BCUT2D eigenvalue weighted by Gasteiger charge is 2.11. The molecular weight excluding hydrogens is 236 g/mol. The molecule has 0 aromatic heterocycles. The second kappa shape index (κ2) is 6.55. The molecule has 1 aromatic rings. The van der Waals surface area contributed by atoms with Gasteiger partial charge in [0.1, 0.15) is 5.78 Å². The maximum atomic E-state index is 11.6. The zero-order valence-electron chi connectivity index (χ0n) is 10.1. The minimum absolute atomic E-state index is 0.0167. The van der Waals surface area contributed by atoms with Crippen molar-refractivity contribution >= 4 is 15.6 Å². The van der Waals surface area contributed by atoms with Gasteiger partial charge in [-0.15, -0.1) is 0 Å². The van der Waals surface area contributed by atoms with Crippen molar-refractivity contribution in [2.45, 2.75) is 26.2 Å². The Morgan fingerprint density at radius 3 is 2.35 bits per heavy atom. The molecule has 0 aliphatic heterocycles. The molecule has 0 unspecified atom stereocenters. The largest absolute Gasteiger partial charge is 0.300 e. The normalized spacial score (nSPS) is 11.4. The Morgan fingerprint density at radius 1 is 1.12 bits per heavy atom. The second-order valence-corrected chi connectivity index (χ2v) is 6.50. The van der Waals surface area contributed by atoms with Crippen LogP contribution in [-0.4, -0.2) is 25.7 Å². The monoisotopic (exact) mass is 254 g/mol. The summed E-state index contributed by atoms with van der Waals surface area (Å²) in [6.45, 7) is 1.42. The van der Waals surface area contributed by atoms with Crippen LogP contribution in [0.25, 0.3) is 0 Å². The van der Waals surface area contributed by atoms with Crippen LogP contribution < -0.4 is 0 Å². The summed E-state index contributed by atoms with van der Waals surface area (Å²) in [5.74, 6) is 0.0726. The SMILES string of the molecule is CC(=O)CCS(=O)(=O)CCCc1ccccc1.